The van der Waals surface area contributed by atoms with Crippen molar-refractivity contribution < 1.29 is 5.11 Å². The Bertz CT molecular complexity index is 429. The van der Waals surface area contributed by atoms with Crippen molar-refractivity contribution in [1.82, 2.24) is 19.7 Å². The summed E-state index contributed by atoms with van der Waals surface area (Å²) in [6, 6.07) is 1.80. The summed E-state index contributed by atoms with van der Waals surface area (Å²) in [7, 11) is 0. The van der Waals surface area contributed by atoms with Gasteiger partial charge in [0.25, 0.3) is 0 Å². The molecule has 5 nitrogen and oxygen atoms in total. The van der Waals surface area contributed by atoms with E-state index in [0.29, 0.717) is 11.4 Å². The zero-order valence-corrected chi connectivity index (χ0v) is 8.72. The van der Waals surface area contributed by atoms with Gasteiger partial charge in [0, 0.05) is 16.2 Å². The average Bonchev–Trinajstić information content (AvgIpc) is 2.70. The van der Waals surface area contributed by atoms with E-state index in [9.17, 15) is 0 Å². The monoisotopic (exact) mass is 254 g/mol. The minimum Gasteiger partial charge on any atom is -0.392 e. The van der Waals surface area contributed by atoms with E-state index in [1.807, 2.05) is 0 Å². The summed E-state index contributed by atoms with van der Waals surface area (Å²) in [4.78, 5) is 7.96. The number of aliphatic hydroxyl groups excluding tert-OH is 1. The second kappa shape index (κ2) is 3.85. The van der Waals surface area contributed by atoms with Gasteiger partial charge in [-0.25, -0.2) is 14.6 Å². The molecule has 0 unspecified atom stereocenters. The van der Waals surface area contributed by atoms with Crippen LogP contribution in [0.4, 0.5) is 0 Å². The molecular formula is C8H7BrN4O. The fourth-order valence-electron chi connectivity index (χ4n) is 1.11. The van der Waals surface area contributed by atoms with E-state index in [0.717, 1.165) is 4.47 Å². The van der Waals surface area contributed by atoms with Gasteiger partial charge in [0.15, 0.2) is 5.82 Å². The summed E-state index contributed by atoms with van der Waals surface area (Å²) in [5.41, 5.74) is 0.699. The maximum Gasteiger partial charge on any atom is 0.160 e. The van der Waals surface area contributed by atoms with Crippen LogP contribution in [-0.4, -0.2) is 24.9 Å². The zero-order chi connectivity index (χ0) is 9.97. The molecule has 0 amide bonds. The number of rotatable bonds is 2. The predicted molar refractivity (Wildman–Crippen MR) is 52.8 cm³/mol. The molecule has 0 bridgehead atoms. The van der Waals surface area contributed by atoms with Crippen LogP contribution < -0.4 is 0 Å². The molecule has 0 aliphatic heterocycles. The van der Waals surface area contributed by atoms with Gasteiger partial charge < -0.3 is 5.11 Å². The van der Waals surface area contributed by atoms with Crippen LogP contribution in [0.2, 0.25) is 0 Å². The molecule has 0 aliphatic carbocycles. The highest BCUT2D eigenvalue weighted by molar-refractivity contribution is 9.10. The Kier molecular flexibility index (Phi) is 2.55. The molecule has 0 saturated carbocycles. The first-order valence-corrected chi connectivity index (χ1v) is 4.71. The summed E-state index contributed by atoms with van der Waals surface area (Å²) in [6.07, 6.45) is 4.61. The summed E-state index contributed by atoms with van der Waals surface area (Å²) < 4.78 is 2.34. The predicted octanol–water partition coefficient (Wildman–Crippen LogP) is 0.917. The standard InChI is InChI=1S/C8H7BrN4O/c9-7-1-6(3-14)8(11-2-7)13-5-10-4-12-13/h1-2,4-5,14H,3H2. The molecule has 2 aromatic heterocycles. The fraction of sp³-hybridized carbons (Fsp3) is 0.125. The first-order valence-electron chi connectivity index (χ1n) is 3.91. The lowest BCUT2D eigenvalue weighted by Gasteiger charge is -2.05. The molecule has 2 aromatic rings. The van der Waals surface area contributed by atoms with Crippen molar-refractivity contribution in [2.75, 3.05) is 0 Å². The van der Waals surface area contributed by atoms with E-state index in [1.165, 1.54) is 17.3 Å². The Hall–Kier alpha value is -1.27. The molecule has 0 atom stereocenters. The molecule has 0 aromatic carbocycles. The highest BCUT2D eigenvalue weighted by Crippen LogP contribution is 2.16. The van der Waals surface area contributed by atoms with Crippen LogP contribution >= 0.6 is 15.9 Å². The van der Waals surface area contributed by atoms with Crippen LogP contribution in [-0.2, 0) is 6.61 Å². The molecule has 6 heteroatoms. The van der Waals surface area contributed by atoms with Crippen molar-refractivity contribution >= 4 is 15.9 Å². The minimum atomic E-state index is -0.0817. The Morgan fingerprint density at radius 1 is 1.50 bits per heavy atom. The van der Waals surface area contributed by atoms with E-state index in [1.54, 1.807) is 12.3 Å². The third kappa shape index (κ3) is 1.66. The molecule has 0 radical (unpaired) electrons. The highest BCUT2D eigenvalue weighted by atomic mass is 79.9. The Balaban J connectivity index is 2.53. The third-order valence-corrected chi connectivity index (χ3v) is 2.15. The molecule has 1 N–H and O–H groups in total. The van der Waals surface area contributed by atoms with Crippen molar-refractivity contribution in [2.45, 2.75) is 6.61 Å². The van der Waals surface area contributed by atoms with E-state index < -0.39 is 0 Å². The van der Waals surface area contributed by atoms with Crippen molar-refractivity contribution in [3.63, 3.8) is 0 Å². The van der Waals surface area contributed by atoms with Crippen LogP contribution in [0.3, 0.4) is 0 Å². The van der Waals surface area contributed by atoms with Gasteiger partial charge in [-0.2, -0.15) is 5.10 Å². The summed E-state index contributed by atoms with van der Waals surface area (Å²) in [5, 5.41) is 13.1. The summed E-state index contributed by atoms with van der Waals surface area (Å²) >= 11 is 3.28. The molecule has 2 heterocycles. The number of aliphatic hydroxyl groups is 1. The number of hydrogen-bond donors (Lipinski definition) is 1. The minimum absolute atomic E-state index is 0.0817. The molecule has 0 saturated heterocycles. The number of hydrogen-bond acceptors (Lipinski definition) is 4. The second-order valence-corrected chi connectivity index (χ2v) is 3.55. The van der Waals surface area contributed by atoms with Crippen LogP contribution in [0.1, 0.15) is 5.56 Å². The van der Waals surface area contributed by atoms with Crippen molar-refractivity contribution in [1.29, 1.82) is 0 Å². The van der Waals surface area contributed by atoms with Gasteiger partial charge in [-0.1, -0.05) is 0 Å². The first-order chi connectivity index (χ1) is 6.81. The van der Waals surface area contributed by atoms with Gasteiger partial charge in [0.1, 0.15) is 12.7 Å². The summed E-state index contributed by atoms with van der Waals surface area (Å²) in [6.45, 7) is -0.0817. The largest absolute Gasteiger partial charge is 0.392 e. The SMILES string of the molecule is OCc1cc(Br)cnc1-n1cncn1. The smallest absolute Gasteiger partial charge is 0.160 e. The lowest BCUT2D eigenvalue weighted by Crippen LogP contribution is -2.03. The summed E-state index contributed by atoms with van der Waals surface area (Å²) in [5.74, 6) is 0.591. The van der Waals surface area contributed by atoms with E-state index >= 15 is 0 Å². The van der Waals surface area contributed by atoms with Crippen LogP contribution in [0.15, 0.2) is 29.4 Å². The molecule has 14 heavy (non-hydrogen) atoms. The van der Waals surface area contributed by atoms with Crippen LogP contribution in [0, 0.1) is 0 Å². The van der Waals surface area contributed by atoms with Gasteiger partial charge in [-0.15, -0.1) is 0 Å². The van der Waals surface area contributed by atoms with Crippen molar-refractivity contribution in [3.8, 4) is 5.82 Å². The van der Waals surface area contributed by atoms with Gasteiger partial charge in [-0.3, -0.25) is 0 Å². The Morgan fingerprint density at radius 3 is 3.00 bits per heavy atom. The number of pyridine rings is 1. The zero-order valence-electron chi connectivity index (χ0n) is 7.13. The molecule has 72 valence electrons. The van der Waals surface area contributed by atoms with E-state index in [-0.39, 0.29) is 6.61 Å². The maximum absolute atomic E-state index is 9.12. The average molecular weight is 255 g/mol. The van der Waals surface area contributed by atoms with E-state index in [4.69, 9.17) is 5.11 Å². The highest BCUT2D eigenvalue weighted by Gasteiger charge is 2.06. The quantitative estimate of drug-likeness (QED) is 0.866. The van der Waals surface area contributed by atoms with Gasteiger partial charge in [0.2, 0.25) is 0 Å². The van der Waals surface area contributed by atoms with Crippen molar-refractivity contribution in [2.24, 2.45) is 0 Å². The molecule has 0 aliphatic rings. The Labute approximate surface area is 88.6 Å². The number of aromatic nitrogens is 4. The Morgan fingerprint density at radius 2 is 2.36 bits per heavy atom. The van der Waals surface area contributed by atoms with Crippen LogP contribution in [0.25, 0.3) is 5.82 Å². The van der Waals surface area contributed by atoms with Crippen LogP contribution in [0.5, 0.6) is 0 Å². The third-order valence-electron chi connectivity index (χ3n) is 1.72. The lowest BCUT2D eigenvalue weighted by molar-refractivity contribution is 0.280. The molecule has 0 spiro atoms. The normalized spacial score (nSPS) is 10.4. The van der Waals surface area contributed by atoms with Gasteiger partial charge in [0.05, 0.1) is 6.61 Å². The first kappa shape index (κ1) is 9.29. The van der Waals surface area contributed by atoms with Gasteiger partial charge in [-0.05, 0) is 22.0 Å². The second-order valence-electron chi connectivity index (χ2n) is 2.63. The van der Waals surface area contributed by atoms with Gasteiger partial charge >= 0.3 is 0 Å². The molecule has 2 rings (SSSR count). The number of halogens is 1. The lowest BCUT2D eigenvalue weighted by atomic mass is 10.3. The molecular weight excluding hydrogens is 248 g/mol. The topological polar surface area (TPSA) is 63.8 Å². The molecule has 0 fully saturated rings. The number of nitrogens with zero attached hydrogens (tertiary/aromatic N) is 4. The fourth-order valence-corrected chi connectivity index (χ4v) is 1.49. The van der Waals surface area contributed by atoms with E-state index in [2.05, 4.69) is 31.0 Å². The maximum atomic E-state index is 9.12. The van der Waals surface area contributed by atoms with Crippen molar-refractivity contribution in [3.05, 3.63) is 35.0 Å².